The molecule has 1 fully saturated rings. The standard InChI is InChI=1S/C14H12F3NO4/c1-14(2)21-12(19)7(13(20)22-14)6-18-9-5-3-4-8(15)10(9)11(16)17/h3-6,11,18H,1-2H3. The molecular weight excluding hydrogens is 303 g/mol. The first-order valence-corrected chi connectivity index (χ1v) is 6.21. The number of cyclic esters (lactones) is 2. The zero-order valence-corrected chi connectivity index (χ0v) is 11.7. The normalized spacial score (nSPS) is 17.1. The zero-order valence-electron chi connectivity index (χ0n) is 11.7. The molecule has 0 spiro atoms. The summed E-state index contributed by atoms with van der Waals surface area (Å²) < 4.78 is 48.7. The lowest BCUT2D eigenvalue weighted by molar-refractivity contribution is -0.222. The van der Waals surface area contributed by atoms with Crippen LogP contribution < -0.4 is 5.32 Å². The van der Waals surface area contributed by atoms with E-state index in [1.807, 2.05) is 0 Å². The molecule has 0 bridgehead atoms. The van der Waals surface area contributed by atoms with Gasteiger partial charge in [0.05, 0.1) is 5.56 Å². The molecule has 1 aliphatic rings. The maximum absolute atomic E-state index is 13.4. The molecule has 0 unspecified atom stereocenters. The third-order valence-corrected chi connectivity index (χ3v) is 2.76. The highest BCUT2D eigenvalue weighted by atomic mass is 19.3. The van der Waals surface area contributed by atoms with E-state index in [0.29, 0.717) is 0 Å². The summed E-state index contributed by atoms with van der Waals surface area (Å²) in [5, 5.41) is 2.31. The minimum atomic E-state index is -3.06. The van der Waals surface area contributed by atoms with Crippen LogP contribution in [0.3, 0.4) is 0 Å². The van der Waals surface area contributed by atoms with E-state index in [2.05, 4.69) is 5.32 Å². The van der Waals surface area contributed by atoms with Crippen LogP contribution in [0.1, 0.15) is 25.8 Å². The zero-order chi connectivity index (χ0) is 16.5. The smallest absolute Gasteiger partial charge is 0.350 e. The predicted octanol–water partition coefficient (Wildman–Crippen LogP) is 2.90. The summed E-state index contributed by atoms with van der Waals surface area (Å²) >= 11 is 0. The summed E-state index contributed by atoms with van der Waals surface area (Å²) in [6, 6.07) is 3.28. The van der Waals surface area contributed by atoms with E-state index < -0.39 is 41.1 Å². The third kappa shape index (κ3) is 3.21. The summed E-state index contributed by atoms with van der Waals surface area (Å²) in [5.74, 6) is -4.45. The molecule has 1 aromatic rings. The van der Waals surface area contributed by atoms with Crippen LogP contribution in [0.25, 0.3) is 0 Å². The lowest BCUT2D eigenvalue weighted by atomic mass is 10.1. The first-order chi connectivity index (χ1) is 10.2. The van der Waals surface area contributed by atoms with Crippen LogP contribution >= 0.6 is 0 Å². The molecule has 1 saturated heterocycles. The Labute approximate surface area is 123 Å². The average molecular weight is 315 g/mol. The Hall–Kier alpha value is -2.51. The SMILES string of the molecule is CC1(C)OC(=O)C(=CNc2cccc(F)c2C(F)F)C(=O)O1. The summed E-state index contributed by atoms with van der Waals surface area (Å²) in [6.07, 6.45) is -2.22. The molecule has 0 aliphatic carbocycles. The van der Waals surface area contributed by atoms with Crippen LogP contribution in [0.15, 0.2) is 30.0 Å². The largest absolute Gasteiger partial charge is 0.419 e. The third-order valence-electron chi connectivity index (χ3n) is 2.76. The molecule has 118 valence electrons. The highest BCUT2D eigenvalue weighted by Gasteiger charge is 2.39. The Kier molecular flexibility index (Phi) is 4.11. The lowest BCUT2D eigenvalue weighted by Crippen LogP contribution is -2.42. The molecule has 2 rings (SSSR count). The number of benzene rings is 1. The van der Waals surface area contributed by atoms with E-state index >= 15 is 0 Å². The fourth-order valence-electron chi connectivity index (χ4n) is 1.81. The Balaban J connectivity index is 2.28. The number of carbonyl (C=O) groups is 2. The molecule has 22 heavy (non-hydrogen) atoms. The minimum Gasteiger partial charge on any atom is -0.419 e. The fourth-order valence-corrected chi connectivity index (χ4v) is 1.81. The van der Waals surface area contributed by atoms with Crippen molar-refractivity contribution in [3.63, 3.8) is 0 Å². The van der Waals surface area contributed by atoms with Crippen molar-refractivity contribution in [2.24, 2.45) is 0 Å². The summed E-state index contributed by atoms with van der Waals surface area (Å²) in [4.78, 5) is 23.3. The van der Waals surface area contributed by atoms with Crippen LogP contribution in [0, 0.1) is 5.82 Å². The van der Waals surface area contributed by atoms with Gasteiger partial charge < -0.3 is 14.8 Å². The van der Waals surface area contributed by atoms with Gasteiger partial charge in [-0.1, -0.05) is 6.07 Å². The molecule has 1 aliphatic heterocycles. The number of anilines is 1. The number of hydrogen-bond donors (Lipinski definition) is 1. The molecule has 0 amide bonds. The summed E-state index contributed by atoms with van der Waals surface area (Å²) in [7, 11) is 0. The molecule has 8 heteroatoms. The van der Waals surface area contributed by atoms with Gasteiger partial charge in [-0.05, 0) is 12.1 Å². The van der Waals surface area contributed by atoms with E-state index in [9.17, 15) is 22.8 Å². The number of hydrogen-bond acceptors (Lipinski definition) is 5. The second-order valence-corrected chi connectivity index (χ2v) is 4.88. The van der Waals surface area contributed by atoms with Gasteiger partial charge in [-0.2, -0.15) is 0 Å². The topological polar surface area (TPSA) is 64.6 Å². The predicted molar refractivity (Wildman–Crippen MR) is 69.3 cm³/mol. The second kappa shape index (κ2) is 5.70. The maximum atomic E-state index is 13.4. The fraction of sp³-hybridized carbons (Fsp3) is 0.286. The first-order valence-electron chi connectivity index (χ1n) is 6.21. The van der Waals surface area contributed by atoms with Gasteiger partial charge in [-0.25, -0.2) is 22.8 Å². The van der Waals surface area contributed by atoms with E-state index in [4.69, 9.17) is 9.47 Å². The van der Waals surface area contributed by atoms with E-state index in [1.54, 1.807) is 0 Å². The Morgan fingerprint density at radius 3 is 2.32 bits per heavy atom. The van der Waals surface area contributed by atoms with E-state index in [-0.39, 0.29) is 5.69 Å². The molecule has 1 heterocycles. The van der Waals surface area contributed by atoms with Gasteiger partial charge in [-0.3, -0.25) is 0 Å². The number of rotatable bonds is 3. The summed E-state index contributed by atoms with van der Waals surface area (Å²) in [6.45, 7) is 2.74. The Morgan fingerprint density at radius 2 is 1.77 bits per heavy atom. The number of alkyl halides is 2. The van der Waals surface area contributed by atoms with Gasteiger partial charge in [-0.15, -0.1) is 0 Å². The molecule has 0 radical (unpaired) electrons. The van der Waals surface area contributed by atoms with Crippen molar-refractivity contribution < 1.29 is 32.2 Å². The second-order valence-electron chi connectivity index (χ2n) is 4.88. The molecule has 1 aromatic carbocycles. The molecule has 0 aromatic heterocycles. The lowest BCUT2D eigenvalue weighted by Gasteiger charge is -2.29. The monoisotopic (exact) mass is 315 g/mol. The number of nitrogens with one attached hydrogen (secondary N) is 1. The summed E-state index contributed by atoms with van der Waals surface area (Å²) in [5.41, 5.74) is -1.64. The number of ether oxygens (including phenoxy) is 2. The van der Waals surface area contributed by atoms with Crippen molar-refractivity contribution in [1.29, 1.82) is 0 Å². The molecular formula is C14H12F3NO4. The van der Waals surface area contributed by atoms with Crippen LogP contribution in [0.5, 0.6) is 0 Å². The van der Waals surface area contributed by atoms with Gasteiger partial charge in [0.15, 0.2) is 5.57 Å². The van der Waals surface area contributed by atoms with E-state index in [1.165, 1.54) is 26.0 Å². The van der Waals surface area contributed by atoms with Crippen molar-refractivity contribution in [2.45, 2.75) is 26.1 Å². The van der Waals surface area contributed by atoms with Crippen LogP contribution in [-0.2, 0) is 19.1 Å². The highest BCUT2D eigenvalue weighted by molar-refractivity contribution is 6.15. The highest BCUT2D eigenvalue weighted by Crippen LogP contribution is 2.30. The van der Waals surface area contributed by atoms with Crippen LogP contribution in [0.2, 0.25) is 0 Å². The Bertz CT molecular complexity index is 633. The molecule has 0 atom stereocenters. The van der Waals surface area contributed by atoms with E-state index in [0.717, 1.165) is 12.3 Å². The van der Waals surface area contributed by atoms with Gasteiger partial charge in [0.1, 0.15) is 5.82 Å². The molecule has 1 N–H and O–H groups in total. The molecule has 0 saturated carbocycles. The van der Waals surface area contributed by atoms with Gasteiger partial charge in [0.2, 0.25) is 0 Å². The first kappa shape index (κ1) is 15.9. The van der Waals surface area contributed by atoms with Crippen molar-refractivity contribution in [3.8, 4) is 0 Å². The van der Waals surface area contributed by atoms with Gasteiger partial charge in [0, 0.05) is 25.7 Å². The Morgan fingerprint density at radius 1 is 1.18 bits per heavy atom. The molecule has 5 nitrogen and oxygen atoms in total. The van der Waals surface area contributed by atoms with Gasteiger partial charge in [0.25, 0.3) is 12.2 Å². The van der Waals surface area contributed by atoms with Crippen LogP contribution in [-0.4, -0.2) is 17.7 Å². The van der Waals surface area contributed by atoms with Crippen LogP contribution in [0.4, 0.5) is 18.9 Å². The number of esters is 2. The van der Waals surface area contributed by atoms with Crippen molar-refractivity contribution in [3.05, 3.63) is 41.4 Å². The van der Waals surface area contributed by atoms with Crippen molar-refractivity contribution >= 4 is 17.6 Å². The quantitative estimate of drug-likeness (QED) is 0.528. The number of halogens is 3. The minimum absolute atomic E-state index is 0.270. The van der Waals surface area contributed by atoms with Crippen molar-refractivity contribution in [1.82, 2.24) is 0 Å². The average Bonchev–Trinajstić information content (AvgIpc) is 2.35. The maximum Gasteiger partial charge on any atom is 0.350 e. The van der Waals surface area contributed by atoms with Gasteiger partial charge >= 0.3 is 11.9 Å². The van der Waals surface area contributed by atoms with Crippen molar-refractivity contribution in [2.75, 3.05) is 5.32 Å². The number of carbonyl (C=O) groups excluding carboxylic acids is 2.